The fraction of sp³-hybridized carbons (Fsp3) is 0.158. The van der Waals surface area contributed by atoms with Crippen LogP contribution in [0.5, 0.6) is 0 Å². The van der Waals surface area contributed by atoms with E-state index in [1.807, 2.05) is 29.2 Å². The molecule has 0 aromatic heterocycles. The van der Waals surface area contributed by atoms with Crippen molar-refractivity contribution < 1.29 is 9.59 Å². The van der Waals surface area contributed by atoms with E-state index in [1.54, 1.807) is 12.1 Å². The van der Waals surface area contributed by atoms with Gasteiger partial charge < -0.3 is 10.2 Å². The first-order valence-electron chi connectivity index (χ1n) is 7.68. The molecule has 1 heterocycles. The molecule has 0 bridgehead atoms. The highest BCUT2D eigenvalue weighted by atomic mass is 79.9. The summed E-state index contributed by atoms with van der Waals surface area (Å²) in [5.41, 5.74) is 3.74. The number of benzene rings is 2. The molecule has 0 fully saturated rings. The van der Waals surface area contributed by atoms with Crippen LogP contribution >= 0.6 is 15.9 Å². The zero-order valence-corrected chi connectivity index (χ0v) is 14.7. The molecule has 0 saturated heterocycles. The van der Waals surface area contributed by atoms with Gasteiger partial charge in [0, 0.05) is 28.8 Å². The van der Waals surface area contributed by atoms with Gasteiger partial charge in [-0.3, -0.25) is 9.59 Å². The van der Waals surface area contributed by atoms with Crippen molar-refractivity contribution in [1.29, 1.82) is 0 Å². The summed E-state index contributed by atoms with van der Waals surface area (Å²) in [7, 11) is 0. The molecule has 2 amide bonds. The number of halogens is 1. The highest BCUT2D eigenvalue weighted by Crippen LogP contribution is 2.32. The van der Waals surface area contributed by atoms with Crippen LogP contribution in [0, 0.1) is 0 Å². The number of carbonyl (C=O) groups is 2. The third-order valence-corrected chi connectivity index (χ3v) is 4.53. The van der Waals surface area contributed by atoms with Crippen molar-refractivity contribution in [1.82, 2.24) is 5.32 Å². The molecule has 24 heavy (non-hydrogen) atoms. The number of nitrogens with one attached hydrogen (secondary N) is 1. The van der Waals surface area contributed by atoms with Crippen molar-refractivity contribution >= 4 is 33.4 Å². The van der Waals surface area contributed by atoms with Crippen molar-refractivity contribution in [3.63, 3.8) is 0 Å². The lowest BCUT2D eigenvalue weighted by atomic mass is 10.1. The van der Waals surface area contributed by atoms with Gasteiger partial charge in [-0.25, -0.2) is 0 Å². The summed E-state index contributed by atoms with van der Waals surface area (Å²) in [6.45, 7) is 4.53. The molecule has 0 saturated carbocycles. The molecule has 1 N–H and O–H groups in total. The molecule has 0 radical (unpaired) electrons. The maximum absolute atomic E-state index is 12.8. The smallest absolute Gasteiger partial charge is 0.258 e. The van der Waals surface area contributed by atoms with Crippen molar-refractivity contribution in [2.75, 3.05) is 11.4 Å². The number of amides is 2. The lowest BCUT2D eigenvalue weighted by Gasteiger charge is -2.18. The average Bonchev–Trinajstić information content (AvgIpc) is 3.02. The van der Waals surface area contributed by atoms with Gasteiger partial charge in [-0.15, -0.1) is 0 Å². The Morgan fingerprint density at radius 1 is 1.21 bits per heavy atom. The molecular weight excluding hydrogens is 368 g/mol. The molecule has 2 aromatic carbocycles. The van der Waals surface area contributed by atoms with E-state index in [0.717, 1.165) is 22.1 Å². The molecule has 5 heteroatoms. The first-order chi connectivity index (χ1) is 11.6. The van der Waals surface area contributed by atoms with E-state index in [9.17, 15) is 9.59 Å². The summed E-state index contributed by atoms with van der Waals surface area (Å²) in [4.78, 5) is 25.8. The number of carbonyl (C=O) groups excluding carboxylic acids is 2. The molecule has 0 atom stereocenters. The number of hydrogen-bond acceptors (Lipinski definition) is 2. The second kappa shape index (κ2) is 7.01. The molecule has 1 aliphatic heterocycles. The van der Waals surface area contributed by atoms with Crippen LogP contribution in [0.3, 0.4) is 0 Å². The van der Waals surface area contributed by atoms with E-state index in [1.165, 1.54) is 11.6 Å². The van der Waals surface area contributed by atoms with Crippen LogP contribution in [0.25, 0.3) is 0 Å². The normalized spacial score (nSPS) is 12.6. The molecule has 4 nitrogen and oxygen atoms in total. The highest BCUT2D eigenvalue weighted by Gasteiger charge is 2.25. The van der Waals surface area contributed by atoms with Gasteiger partial charge in [0.1, 0.15) is 0 Å². The van der Waals surface area contributed by atoms with Crippen LogP contribution in [0.15, 0.2) is 59.6 Å². The van der Waals surface area contributed by atoms with Gasteiger partial charge >= 0.3 is 0 Å². The van der Waals surface area contributed by atoms with Gasteiger partial charge in [0.25, 0.3) is 5.91 Å². The number of anilines is 1. The Kier molecular flexibility index (Phi) is 4.81. The quantitative estimate of drug-likeness (QED) is 0.820. The Morgan fingerprint density at radius 3 is 2.67 bits per heavy atom. The van der Waals surface area contributed by atoms with Gasteiger partial charge in [0.15, 0.2) is 0 Å². The Balaban J connectivity index is 1.74. The first-order valence-corrected chi connectivity index (χ1v) is 8.47. The van der Waals surface area contributed by atoms with Crippen LogP contribution in [0.2, 0.25) is 0 Å². The van der Waals surface area contributed by atoms with Gasteiger partial charge in [-0.05, 0) is 47.9 Å². The maximum atomic E-state index is 12.8. The van der Waals surface area contributed by atoms with Crippen molar-refractivity contribution in [2.45, 2.75) is 13.0 Å². The standard InChI is InChI=1S/C19H17BrN2O2/c1-2-18(23)21-12-13-3-5-15(6-4-13)19(24)22-10-9-14-7-8-16(20)11-17(14)22/h2-8,11H,1,9-10,12H2,(H,21,23). The summed E-state index contributed by atoms with van der Waals surface area (Å²) in [6.07, 6.45) is 2.11. The van der Waals surface area contributed by atoms with Crippen LogP contribution < -0.4 is 10.2 Å². The average molecular weight is 385 g/mol. The largest absolute Gasteiger partial charge is 0.348 e. The molecular formula is C19H17BrN2O2. The van der Waals surface area contributed by atoms with Crippen LogP contribution in [-0.2, 0) is 17.8 Å². The van der Waals surface area contributed by atoms with E-state index in [2.05, 4.69) is 33.9 Å². The van der Waals surface area contributed by atoms with E-state index < -0.39 is 0 Å². The Hall–Kier alpha value is -2.40. The minimum absolute atomic E-state index is 0.00599. The lowest BCUT2D eigenvalue weighted by Crippen LogP contribution is -2.28. The fourth-order valence-corrected chi connectivity index (χ4v) is 3.09. The van der Waals surface area contributed by atoms with Crippen LogP contribution in [0.4, 0.5) is 5.69 Å². The van der Waals surface area contributed by atoms with Crippen molar-refractivity contribution in [3.05, 3.63) is 76.3 Å². The third kappa shape index (κ3) is 3.41. The van der Waals surface area contributed by atoms with Gasteiger partial charge in [-0.2, -0.15) is 0 Å². The van der Waals surface area contributed by atoms with Crippen molar-refractivity contribution in [2.24, 2.45) is 0 Å². The minimum atomic E-state index is -0.214. The molecule has 3 rings (SSSR count). The van der Waals surface area contributed by atoms with E-state index in [0.29, 0.717) is 18.7 Å². The molecule has 0 unspecified atom stereocenters. The number of fused-ring (bicyclic) bond motifs is 1. The monoisotopic (exact) mass is 384 g/mol. The third-order valence-electron chi connectivity index (χ3n) is 4.04. The van der Waals surface area contributed by atoms with E-state index >= 15 is 0 Å². The zero-order valence-electron chi connectivity index (χ0n) is 13.1. The minimum Gasteiger partial charge on any atom is -0.348 e. The molecule has 122 valence electrons. The SMILES string of the molecule is C=CC(=O)NCc1ccc(C(=O)N2CCc3ccc(Br)cc32)cc1. The highest BCUT2D eigenvalue weighted by molar-refractivity contribution is 9.10. The summed E-state index contributed by atoms with van der Waals surface area (Å²) < 4.78 is 0.967. The summed E-state index contributed by atoms with van der Waals surface area (Å²) in [5.74, 6) is -0.220. The van der Waals surface area contributed by atoms with E-state index in [4.69, 9.17) is 0 Å². The molecule has 2 aromatic rings. The van der Waals surface area contributed by atoms with Crippen LogP contribution in [-0.4, -0.2) is 18.4 Å². The zero-order chi connectivity index (χ0) is 17.1. The number of hydrogen-bond donors (Lipinski definition) is 1. The van der Waals surface area contributed by atoms with E-state index in [-0.39, 0.29) is 11.8 Å². The lowest BCUT2D eigenvalue weighted by molar-refractivity contribution is -0.116. The Labute approximate surface area is 149 Å². The topological polar surface area (TPSA) is 49.4 Å². The second-order valence-electron chi connectivity index (χ2n) is 5.60. The maximum Gasteiger partial charge on any atom is 0.258 e. The molecule has 1 aliphatic rings. The molecule has 0 aliphatic carbocycles. The second-order valence-corrected chi connectivity index (χ2v) is 6.51. The fourth-order valence-electron chi connectivity index (χ4n) is 2.75. The van der Waals surface area contributed by atoms with Gasteiger partial charge in [0.2, 0.25) is 5.91 Å². The van der Waals surface area contributed by atoms with Gasteiger partial charge in [0.05, 0.1) is 0 Å². The predicted octanol–water partition coefficient (Wildman–Crippen LogP) is 3.45. The molecule has 0 spiro atoms. The first kappa shape index (κ1) is 16.5. The van der Waals surface area contributed by atoms with Gasteiger partial charge in [-0.1, -0.05) is 40.7 Å². The van der Waals surface area contributed by atoms with Crippen molar-refractivity contribution in [3.8, 4) is 0 Å². The Bertz CT molecular complexity index is 800. The Morgan fingerprint density at radius 2 is 1.96 bits per heavy atom. The summed E-state index contributed by atoms with van der Waals surface area (Å²) in [5, 5.41) is 2.71. The van der Waals surface area contributed by atoms with Crippen LogP contribution in [0.1, 0.15) is 21.5 Å². The summed E-state index contributed by atoms with van der Waals surface area (Å²) >= 11 is 3.46. The number of rotatable bonds is 4. The predicted molar refractivity (Wildman–Crippen MR) is 98.0 cm³/mol. The summed E-state index contributed by atoms with van der Waals surface area (Å²) in [6, 6.07) is 13.3. The number of nitrogens with zero attached hydrogens (tertiary/aromatic N) is 1.